The van der Waals surface area contributed by atoms with E-state index < -0.39 is 0 Å². The van der Waals surface area contributed by atoms with Crippen LogP contribution in [-0.2, 0) is 0 Å². The molecule has 0 bridgehead atoms. The van der Waals surface area contributed by atoms with E-state index in [1.54, 1.807) is 12.5 Å². The Morgan fingerprint density at radius 1 is 1.32 bits per heavy atom. The Bertz CT molecular complexity index is 695. The number of fused-ring (bicyclic) bond motifs is 1. The molecule has 4 rings (SSSR count). The van der Waals surface area contributed by atoms with E-state index in [4.69, 9.17) is 4.42 Å². The smallest absolute Gasteiger partial charge is 0.179 e. The summed E-state index contributed by atoms with van der Waals surface area (Å²) < 4.78 is 7.66. The lowest BCUT2D eigenvalue weighted by molar-refractivity contribution is 0.474. The number of aromatic nitrogens is 3. The third-order valence-corrected chi connectivity index (χ3v) is 3.54. The first-order chi connectivity index (χ1) is 9.43. The summed E-state index contributed by atoms with van der Waals surface area (Å²) in [6, 6.07) is 7.72. The van der Waals surface area contributed by atoms with Crippen LogP contribution in [0.2, 0.25) is 0 Å². The van der Waals surface area contributed by atoms with Gasteiger partial charge in [-0.3, -0.25) is 9.88 Å². The molecule has 5 heteroatoms. The molecule has 4 heterocycles. The van der Waals surface area contributed by atoms with Gasteiger partial charge in [-0.25, -0.2) is 9.97 Å². The summed E-state index contributed by atoms with van der Waals surface area (Å²) in [5, 5.41) is 3.49. The van der Waals surface area contributed by atoms with Crippen LogP contribution in [0.3, 0.4) is 0 Å². The van der Waals surface area contributed by atoms with Gasteiger partial charge in [0.05, 0.1) is 12.4 Å². The summed E-state index contributed by atoms with van der Waals surface area (Å²) in [6.45, 7) is 1.04. The van der Waals surface area contributed by atoms with Crippen LogP contribution in [0, 0.1) is 0 Å². The molecule has 1 unspecified atom stereocenters. The minimum Gasteiger partial charge on any atom is -0.461 e. The van der Waals surface area contributed by atoms with Crippen molar-refractivity contribution in [2.24, 2.45) is 0 Å². The Hall–Kier alpha value is -2.14. The third-order valence-electron chi connectivity index (χ3n) is 3.54. The fraction of sp³-hybridized carbons (Fsp3) is 0.286. The molecule has 0 aromatic carbocycles. The van der Waals surface area contributed by atoms with Crippen molar-refractivity contribution in [1.29, 1.82) is 0 Å². The molecule has 3 aromatic heterocycles. The fourth-order valence-corrected chi connectivity index (χ4v) is 2.69. The highest BCUT2D eigenvalue weighted by Crippen LogP contribution is 2.29. The highest BCUT2D eigenvalue weighted by Gasteiger charge is 2.24. The van der Waals surface area contributed by atoms with Crippen LogP contribution in [0.4, 0.5) is 0 Å². The summed E-state index contributed by atoms with van der Waals surface area (Å²) in [6.07, 6.45) is 6.00. The minimum absolute atomic E-state index is 0.250. The van der Waals surface area contributed by atoms with Gasteiger partial charge in [0, 0.05) is 6.20 Å². The summed E-state index contributed by atoms with van der Waals surface area (Å²) in [7, 11) is 0. The third kappa shape index (κ3) is 1.66. The molecule has 0 aliphatic carbocycles. The lowest BCUT2D eigenvalue weighted by atomic mass is 10.3. The number of nitrogens with one attached hydrogen (secondary N) is 1. The van der Waals surface area contributed by atoms with E-state index in [9.17, 15) is 0 Å². The van der Waals surface area contributed by atoms with Crippen molar-refractivity contribution in [1.82, 2.24) is 19.9 Å². The van der Waals surface area contributed by atoms with E-state index in [2.05, 4.69) is 19.9 Å². The van der Waals surface area contributed by atoms with Gasteiger partial charge >= 0.3 is 0 Å². The van der Waals surface area contributed by atoms with Gasteiger partial charge in [0.15, 0.2) is 17.2 Å². The van der Waals surface area contributed by atoms with Gasteiger partial charge in [0.1, 0.15) is 5.52 Å². The molecule has 0 spiro atoms. The van der Waals surface area contributed by atoms with Crippen LogP contribution < -0.4 is 5.32 Å². The number of furan rings is 1. The van der Waals surface area contributed by atoms with E-state index in [1.165, 1.54) is 6.42 Å². The van der Waals surface area contributed by atoms with E-state index in [-0.39, 0.29) is 6.17 Å². The van der Waals surface area contributed by atoms with Gasteiger partial charge in [-0.05, 0) is 43.7 Å². The second-order valence-electron chi connectivity index (χ2n) is 4.74. The van der Waals surface area contributed by atoms with Crippen LogP contribution in [0.1, 0.15) is 19.0 Å². The maximum absolute atomic E-state index is 5.51. The number of pyridine rings is 1. The van der Waals surface area contributed by atoms with Crippen LogP contribution in [-0.4, -0.2) is 21.1 Å². The van der Waals surface area contributed by atoms with Gasteiger partial charge in [-0.2, -0.15) is 0 Å². The summed E-state index contributed by atoms with van der Waals surface area (Å²) in [5.74, 6) is 1.63. The first kappa shape index (κ1) is 10.8. The van der Waals surface area contributed by atoms with E-state index in [1.807, 2.05) is 24.3 Å². The first-order valence-electron chi connectivity index (χ1n) is 6.54. The highest BCUT2D eigenvalue weighted by molar-refractivity contribution is 5.76. The predicted molar refractivity (Wildman–Crippen MR) is 71.5 cm³/mol. The van der Waals surface area contributed by atoms with E-state index in [0.29, 0.717) is 0 Å². The van der Waals surface area contributed by atoms with Gasteiger partial charge in [0.25, 0.3) is 0 Å². The molecule has 0 radical (unpaired) electrons. The van der Waals surface area contributed by atoms with Crippen molar-refractivity contribution in [2.45, 2.75) is 19.0 Å². The molecule has 96 valence electrons. The average Bonchev–Trinajstić information content (AvgIpc) is 3.17. The largest absolute Gasteiger partial charge is 0.461 e. The molecule has 0 amide bonds. The molecule has 1 N–H and O–H groups in total. The zero-order valence-corrected chi connectivity index (χ0v) is 10.4. The van der Waals surface area contributed by atoms with Gasteiger partial charge in [-0.15, -0.1) is 0 Å². The Balaban J connectivity index is 1.98. The molecule has 5 nitrogen and oxygen atoms in total. The van der Waals surface area contributed by atoms with Crippen molar-refractivity contribution in [2.75, 3.05) is 6.54 Å². The Morgan fingerprint density at radius 3 is 3.11 bits per heavy atom. The molecular weight excluding hydrogens is 240 g/mol. The zero-order chi connectivity index (χ0) is 12.7. The number of nitrogens with zero attached hydrogens (tertiary/aromatic N) is 3. The Kier molecular flexibility index (Phi) is 2.38. The lowest BCUT2D eigenvalue weighted by Crippen LogP contribution is -2.20. The number of rotatable bonds is 2. The molecule has 1 atom stereocenters. The van der Waals surface area contributed by atoms with E-state index in [0.717, 1.165) is 35.7 Å². The molecular formula is C14H14N4O. The topological polar surface area (TPSA) is 55.9 Å². The highest BCUT2D eigenvalue weighted by atomic mass is 16.3. The summed E-state index contributed by atoms with van der Waals surface area (Å²) in [4.78, 5) is 9.14. The van der Waals surface area contributed by atoms with Gasteiger partial charge in [0.2, 0.25) is 0 Å². The van der Waals surface area contributed by atoms with Crippen molar-refractivity contribution in [3.05, 3.63) is 36.7 Å². The van der Waals surface area contributed by atoms with E-state index >= 15 is 0 Å². The lowest BCUT2D eigenvalue weighted by Gasteiger charge is -2.15. The van der Waals surface area contributed by atoms with Crippen LogP contribution in [0.15, 0.2) is 41.1 Å². The maximum atomic E-state index is 5.51. The number of hydrogen-bond donors (Lipinski definition) is 1. The first-order valence-corrected chi connectivity index (χ1v) is 6.54. The molecule has 1 saturated heterocycles. The summed E-state index contributed by atoms with van der Waals surface area (Å²) in [5.41, 5.74) is 1.82. The van der Waals surface area contributed by atoms with Crippen LogP contribution in [0.5, 0.6) is 0 Å². The standard InChI is InChI=1S/C14H14N4O/c1-4-10-13(16-8-1)18(12-6-2-7-15-12)14(17-10)11-5-3-9-19-11/h1,3-5,8-9,12,15H,2,6-7H2. The maximum Gasteiger partial charge on any atom is 0.179 e. The van der Waals surface area contributed by atoms with Crippen molar-refractivity contribution < 1.29 is 4.42 Å². The quantitative estimate of drug-likeness (QED) is 0.763. The number of hydrogen-bond acceptors (Lipinski definition) is 4. The number of imidazole rings is 1. The van der Waals surface area contributed by atoms with Crippen molar-refractivity contribution >= 4 is 11.2 Å². The SMILES string of the molecule is c1coc(-c2nc3cccnc3n2C2CCCN2)c1. The van der Waals surface area contributed by atoms with Crippen LogP contribution >= 0.6 is 0 Å². The normalized spacial score (nSPS) is 19.3. The second-order valence-corrected chi connectivity index (χ2v) is 4.74. The molecule has 1 fully saturated rings. The average molecular weight is 254 g/mol. The van der Waals surface area contributed by atoms with Crippen LogP contribution in [0.25, 0.3) is 22.7 Å². The zero-order valence-electron chi connectivity index (χ0n) is 10.4. The second kappa shape index (κ2) is 4.20. The molecule has 1 aliphatic rings. The molecule has 1 aliphatic heterocycles. The van der Waals surface area contributed by atoms with Crippen molar-refractivity contribution in [3.8, 4) is 11.6 Å². The molecule has 0 saturated carbocycles. The summed E-state index contributed by atoms with van der Waals surface area (Å²) >= 11 is 0. The fourth-order valence-electron chi connectivity index (χ4n) is 2.69. The molecule has 19 heavy (non-hydrogen) atoms. The van der Waals surface area contributed by atoms with Crippen molar-refractivity contribution in [3.63, 3.8) is 0 Å². The molecule has 3 aromatic rings. The monoisotopic (exact) mass is 254 g/mol. The van der Waals surface area contributed by atoms with Gasteiger partial charge < -0.3 is 4.42 Å². The van der Waals surface area contributed by atoms with Gasteiger partial charge in [-0.1, -0.05) is 0 Å². The Morgan fingerprint density at radius 2 is 2.32 bits per heavy atom. The minimum atomic E-state index is 0.250. The Labute approximate surface area is 110 Å². The predicted octanol–water partition coefficient (Wildman–Crippen LogP) is 2.57.